The second kappa shape index (κ2) is 7.18. The van der Waals surface area contributed by atoms with Gasteiger partial charge in [0.15, 0.2) is 0 Å². The Morgan fingerprint density at radius 2 is 2.03 bits per heavy atom. The van der Waals surface area contributed by atoms with Gasteiger partial charge in [-0.3, -0.25) is 9.62 Å². The first kappa shape index (κ1) is 19.4. The van der Waals surface area contributed by atoms with E-state index in [9.17, 15) is 22.7 Å². The van der Waals surface area contributed by atoms with Gasteiger partial charge in [0.2, 0.25) is 15.9 Å². The van der Waals surface area contributed by atoms with Gasteiger partial charge in [0.25, 0.3) is 0 Å². The number of halogens is 1. The van der Waals surface area contributed by atoms with Crippen molar-refractivity contribution in [3.63, 3.8) is 0 Å². The van der Waals surface area contributed by atoms with Gasteiger partial charge >= 0.3 is 6.09 Å². The fourth-order valence-electron chi connectivity index (χ4n) is 3.25. The lowest BCUT2D eigenvalue weighted by molar-refractivity contribution is 0.188. The highest BCUT2D eigenvalue weighted by Gasteiger charge is 2.37. The molecule has 0 unspecified atom stereocenters. The lowest BCUT2D eigenvalue weighted by Gasteiger charge is -2.33. The summed E-state index contributed by atoms with van der Waals surface area (Å²) in [5.41, 5.74) is 1.46. The molecule has 1 aliphatic carbocycles. The number of hydrogen-bond acceptors (Lipinski definition) is 5. The zero-order valence-electron chi connectivity index (χ0n) is 15.6. The molecule has 0 radical (unpaired) electrons. The summed E-state index contributed by atoms with van der Waals surface area (Å²) in [7, 11) is -3.59. The number of pyridine rings is 1. The summed E-state index contributed by atoms with van der Waals surface area (Å²) in [5, 5.41) is 9.14. The number of nitrogens with zero attached hydrogens (tertiary/aromatic N) is 2. The quantitative estimate of drug-likeness (QED) is 0.768. The highest BCUT2D eigenvalue weighted by atomic mass is 32.2. The van der Waals surface area contributed by atoms with E-state index in [4.69, 9.17) is 4.74 Å². The van der Waals surface area contributed by atoms with Crippen LogP contribution in [0.15, 0.2) is 30.3 Å². The molecule has 8 nitrogen and oxygen atoms in total. The summed E-state index contributed by atoms with van der Waals surface area (Å²) in [6.45, 7) is 1.82. The highest BCUT2D eigenvalue weighted by molar-refractivity contribution is 7.93. The van der Waals surface area contributed by atoms with E-state index < -0.39 is 27.4 Å². The van der Waals surface area contributed by atoms with Crippen LogP contribution in [-0.2, 0) is 16.4 Å². The zero-order valence-corrected chi connectivity index (χ0v) is 16.4. The summed E-state index contributed by atoms with van der Waals surface area (Å²) >= 11 is 0. The number of nitrogens with one attached hydrogen (secondary N) is 1. The van der Waals surface area contributed by atoms with Crippen molar-refractivity contribution < 1.29 is 27.4 Å². The van der Waals surface area contributed by atoms with Crippen molar-refractivity contribution in [2.45, 2.75) is 37.5 Å². The van der Waals surface area contributed by atoms with Crippen molar-refractivity contribution >= 4 is 27.6 Å². The second-order valence-corrected chi connectivity index (χ2v) is 9.24. The largest absolute Gasteiger partial charge is 0.474 e. The molecule has 29 heavy (non-hydrogen) atoms. The van der Waals surface area contributed by atoms with E-state index in [0.717, 1.165) is 10.5 Å². The number of carboxylic acid groups (broad SMARTS) is 1. The minimum atomic E-state index is -3.59. The number of hydrogen-bond donors (Lipinski definition) is 2. The normalized spacial score (nSPS) is 18.7. The minimum absolute atomic E-state index is 0.0573. The van der Waals surface area contributed by atoms with Crippen LogP contribution in [0.2, 0.25) is 0 Å². The van der Waals surface area contributed by atoms with Crippen LogP contribution in [0.4, 0.5) is 20.7 Å². The van der Waals surface area contributed by atoms with Crippen LogP contribution in [0.5, 0.6) is 5.88 Å². The van der Waals surface area contributed by atoms with Crippen molar-refractivity contribution in [3.8, 4) is 5.88 Å². The van der Waals surface area contributed by atoms with Crippen LogP contribution in [0.25, 0.3) is 0 Å². The van der Waals surface area contributed by atoms with Crippen LogP contribution in [0, 0.1) is 5.82 Å². The van der Waals surface area contributed by atoms with E-state index in [1.54, 1.807) is 25.1 Å². The Morgan fingerprint density at radius 3 is 2.66 bits per heavy atom. The molecule has 4 rings (SSSR count). The molecule has 2 aliphatic rings. The monoisotopic (exact) mass is 421 g/mol. The Kier molecular flexibility index (Phi) is 4.81. The van der Waals surface area contributed by atoms with Crippen LogP contribution >= 0.6 is 0 Å². The predicted molar refractivity (Wildman–Crippen MR) is 104 cm³/mol. The smallest absolute Gasteiger partial charge is 0.412 e. The van der Waals surface area contributed by atoms with Gasteiger partial charge in [0.05, 0.1) is 11.3 Å². The van der Waals surface area contributed by atoms with Gasteiger partial charge in [0, 0.05) is 12.0 Å². The topological polar surface area (TPSA) is 109 Å². The molecule has 154 valence electrons. The van der Waals surface area contributed by atoms with Crippen molar-refractivity contribution in [3.05, 3.63) is 47.3 Å². The van der Waals surface area contributed by atoms with Crippen molar-refractivity contribution in [1.82, 2.24) is 4.98 Å². The number of sulfonamides is 1. The Bertz CT molecular complexity index is 1050. The van der Waals surface area contributed by atoms with Crippen molar-refractivity contribution in [2.24, 2.45) is 0 Å². The molecule has 2 heterocycles. The molecule has 10 heteroatoms. The molecule has 1 saturated carbocycles. The number of fused-ring (bicyclic) bond motifs is 1. The van der Waals surface area contributed by atoms with E-state index in [1.807, 2.05) is 0 Å². The molecule has 1 aliphatic heterocycles. The Labute approximate surface area is 167 Å². The summed E-state index contributed by atoms with van der Waals surface area (Å²) in [6.07, 6.45) is 0.274. The van der Waals surface area contributed by atoms with Crippen molar-refractivity contribution in [2.75, 3.05) is 16.2 Å². The molecule has 0 spiro atoms. The Morgan fingerprint density at radius 1 is 1.34 bits per heavy atom. The maximum atomic E-state index is 13.2. The van der Waals surface area contributed by atoms with Gasteiger partial charge in [-0.1, -0.05) is 12.1 Å². The molecule has 1 atom stereocenters. The maximum Gasteiger partial charge on any atom is 0.412 e. The van der Waals surface area contributed by atoms with Crippen LogP contribution in [0.3, 0.4) is 0 Å². The van der Waals surface area contributed by atoms with Gasteiger partial charge in [0.1, 0.15) is 23.9 Å². The molecular weight excluding hydrogens is 401 g/mol. The number of amides is 1. The van der Waals surface area contributed by atoms with Crippen LogP contribution in [0.1, 0.15) is 30.9 Å². The maximum absolute atomic E-state index is 13.2. The Balaban J connectivity index is 1.78. The summed E-state index contributed by atoms with van der Waals surface area (Å²) < 4.78 is 46.2. The third kappa shape index (κ3) is 3.98. The van der Waals surface area contributed by atoms with E-state index >= 15 is 0 Å². The number of aromatic nitrogens is 1. The van der Waals surface area contributed by atoms with E-state index in [0.29, 0.717) is 18.4 Å². The number of anilines is 2. The first-order valence-electron chi connectivity index (χ1n) is 9.19. The average molecular weight is 421 g/mol. The van der Waals surface area contributed by atoms with Crippen molar-refractivity contribution in [1.29, 1.82) is 0 Å². The minimum Gasteiger partial charge on any atom is -0.474 e. The molecule has 2 N–H and O–H groups in total. The average Bonchev–Trinajstić information content (AvgIpc) is 3.49. The fourth-order valence-corrected chi connectivity index (χ4v) is 4.62. The summed E-state index contributed by atoms with van der Waals surface area (Å²) in [5.74, 6) is -0.229. The number of rotatable bonds is 5. The van der Waals surface area contributed by atoms with Crippen LogP contribution in [-0.4, -0.2) is 42.5 Å². The first-order chi connectivity index (χ1) is 13.7. The molecule has 1 aromatic heterocycles. The predicted octanol–water partition coefficient (Wildman–Crippen LogP) is 2.98. The molecule has 2 aromatic rings. The number of ether oxygens (including phenoxy) is 1. The van der Waals surface area contributed by atoms with Gasteiger partial charge in [-0.25, -0.2) is 17.6 Å². The van der Waals surface area contributed by atoms with Crippen LogP contribution < -0.4 is 14.4 Å². The molecule has 0 bridgehead atoms. The second-order valence-electron chi connectivity index (χ2n) is 7.28. The third-order valence-electron chi connectivity index (χ3n) is 4.93. The first-order valence-corrected chi connectivity index (χ1v) is 10.7. The fraction of sp³-hybridized carbons (Fsp3) is 0.368. The SMILES string of the molecule is C[C@H]1COc2nc(NS(=O)(=O)C3CC3)c(Cc3ccc(F)cc3)cc2N1C(=O)O. The van der Waals surface area contributed by atoms with Gasteiger partial charge < -0.3 is 9.84 Å². The molecule has 0 saturated heterocycles. The lowest BCUT2D eigenvalue weighted by Crippen LogP contribution is -2.44. The summed E-state index contributed by atoms with van der Waals surface area (Å²) in [6, 6.07) is 6.94. The van der Waals surface area contributed by atoms with Gasteiger partial charge in [-0.15, -0.1) is 0 Å². The van der Waals surface area contributed by atoms with Gasteiger partial charge in [-0.05, 0) is 43.5 Å². The summed E-state index contributed by atoms with van der Waals surface area (Å²) in [4.78, 5) is 17.2. The Hall–Kier alpha value is -2.88. The molecule has 1 fully saturated rings. The number of carbonyl (C=O) groups is 1. The lowest BCUT2D eigenvalue weighted by atomic mass is 10.0. The molecular formula is C19H20FN3O5S. The van der Waals surface area contributed by atoms with E-state index in [2.05, 4.69) is 9.71 Å². The van der Waals surface area contributed by atoms with Gasteiger partial charge in [-0.2, -0.15) is 4.98 Å². The molecule has 1 amide bonds. The van der Waals surface area contributed by atoms with E-state index in [-0.39, 0.29) is 36.2 Å². The van der Waals surface area contributed by atoms with E-state index in [1.165, 1.54) is 12.1 Å². The zero-order chi connectivity index (χ0) is 20.8. The molecule has 1 aromatic carbocycles. The highest BCUT2D eigenvalue weighted by Crippen LogP contribution is 2.38. The number of benzene rings is 1. The third-order valence-corrected chi connectivity index (χ3v) is 6.75. The standard InChI is InChI=1S/C19H20FN3O5S/c1-11-10-28-18-16(23(11)19(24)25)9-13(8-12-2-4-14(20)5-3-12)17(21-18)22-29(26,27)15-6-7-15/h2-5,9,11,15H,6-8,10H2,1H3,(H,21,22)(H,24,25)/t11-/m0/s1.